The minimum atomic E-state index is 0.390. The van der Waals surface area contributed by atoms with Gasteiger partial charge in [0, 0.05) is 12.6 Å². The van der Waals surface area contributed by atoms with Crippen LogP contribution in [0.3, 0.4) is 0 Å². The lowest BCUT2D eigenvalue weighted by molar-refractivity contribution is -0.0181. The molecule has 1 saturated carbocycles. The molecule has 0 saturated heterocycles. The number of nitrogens with two attached hydrogens (primary N) is 1. The minimum absolute atomic E-state index is 0.390. The fraction of sp³-hybridized carbons (Fsp3) is 0.500. The molecule has 4 nitrogen and oxygen atoms in total. The van der Waals surface area contributed by atoms with E-state index in [0.717, 1.165) is 30.5 Å². The summed E-state index contributed by atoms with van der Waals surface area (Å²) in [5.41, 5.74) is 9.41. The molecule has 1 aromatic heterocycles. The quantitative estimate of drug-likeness (QED) is 0.904. The van der Waals surface area contributed by atoms with Crippen molar-refractivity contribution in [1.29, 1.82) is 0 Å². The number of anilines is 1. The number of nitrogens with zero attached hydrogens (tertiary/aromatic N) is 2. The summed E-state index contributed by atoms with van der Waals surface area (Å²) in [6, 6.07) is 6.71. The smallest absolute Gasteiger partial charge is 0.201 e. The van der Waals surface area contributed by atoms with E-state index in [2.05, 4.69) is 28.6 Å². The van der Waals surface area contributed by atoms with E-state index in [1.165, 1.54) is 5.56 Å². The molecular formula is C14H19N3O. The Hall–Kier alpha value is -1.55. The summed E-state index contributed by atoms with van der Waals surface area (Å²) < 4.78 is 7.77. The van der Waals surface area contributed by atoms with Gasteiger partial charge in [0.05, 0.1) is 17.1 Å². The highest BCUT2D eigenvalue weighted by molar-refractivity contribution is 5.79. The molecule has 1 aromatic carbocycles. The fourth-order valence-corrected chi connectivity index (χ4v) is 2.73. The Morgan fingerprint density at radius 2 is 2.22 bits per heavy atom. The zero-order valence-corrected chi connectivity index (χ0v) is 10.9. The summed E-state index contributed by atoms with van der Waals surface area (Å²) in [4.78, 5) is 4.43. The number of fused-ring (bicyclic) bond motifs is 1. The van der Waals surface area contributed by atoms with Crippen molar-refractivity contribution in [3.05, 3.63) is 23.8 Å². The van der Waals surface area contributed by atoms with Gasteiger partial charge in [-0.25, -0.2) is 4.98 Å². The van der Waals surface area contributed by atoms with Gasteiger partial charge in [0.2, 0.25) is 5.95 Å². The van der Waals surface area contributed by atoms with Crippen LogP contribution >= 0.6 is 0 Å². The van der Waals surface area contributed by atoms with Gasteiger partial charge >= 0.3 is 0 Å². The molecule has 0 amide bonds. The molecule has 2 N–H and O–H groups in total. The van der Waals surface area contributed by atoms with Crippen molar-refractivity contribution in [3.8, 4) is 0 Å². The zero-order chi connectivity index (χ0) is 12.7. The average Bonchev–Trinajstić information content (AvgIpc) is 2.59. The molecule has 18 heavy (non-hydrogen) atoms. The number of hydrogen-bond donors (Lipinski definition) is 1. The lowest BCUT2D eigenvalue weighted by Gasteiger charge is -2.36. The van der Waals surface area contributed by atoms with Crippen LogP contribution in [-0.2, 0) is 4.74 Å². The van der Waals surface area contributed by atoms with Crippen molar-refractivity contribution < 1.29 is 4.74 Å². The van der Waals surface area contributed by atoms with Gasteiger partial charge in [0.25, 0.3) is 0 Å². The van der Waals surface area contributed by atoms with Crippen LogP contribution in [0.25, 0.3) is 11.0 Å². The van der Waals surface area contributed by atoms with Crippen LogP contribution in [0.4, 0.5) is 5.95 Å². The minimum Gasteiger partial charge on any atom is -0.378 e. The van der Waals surface area contributed by atoms with Crippen molar-refractivity contribution in [3.63, 3.8) is 0 Å². The largest absolute Gasteiger partial charge is 0.378 e. The lowest BCUT2D eigenvalue weighted by atomic mass is 9.89. The number of ether oxygens (including phenoxy) is 1. The van der Waals surface area contributed by atoms with Gasteiger partial charge in [-0.15, -0.1) is 0 Å². The van der Waals surface area contributed by atoms with E-state index in [9.17, 15) is 0 Å². The normalized spacial score (nSPS) is 23.2. The van der Waals surface area contributed by atoms with Crippen molar-refractivity contribution >= 4 is 17.0 Å². The molecule has 0 atom stereocenters. The third-order valence-corrected chi connectivity index (χ3v) is 3.71. The molecule has 0 radical (unpaired) electrons. The molecule has 1 fully saturated rings. The van der Waals surface area contributed by atoms with E-state index in [1.807, 2.05) is 13.0 Å². The van der Waals surface area contributed by atoms with Crippen molar-refractivity contribution in [2.45, 2.75) is 38.8 Å². The standard InChI is InChI=1S/C14H19N3O/c1-3-18-11-7-10(8-11)17-13-6-9(2)4-5-12(13)16-14(17)15/h4-6,10-11H,3,7-8H2,1-2H3,(H2,15,16). The van der Waals surface area contributed by atoms with Crippen LogP contribution in [0, 0.1) is 6.92 Å². The van der Waals surface area contributed by atoms with Crippen LogP contribution in [0.2, 0.25) is 0 Å². The third kappa shape index (κ3) is 1.77. The lowest BCUT2D eigenvalue weighted by Crippen LogP contribution is -2.33. The summed E-state index contributed by atoms with van der Waals surface area (Å²) in [5, 5.41) is 0. The maximum Gasteiger partial charge on any atom is 0.201 e. The second-order valence-electron chi connectivity index (χ2n) is 5.03. The third-order valence-electron chi connectivity index (χ3n) is 3.71. The first-order chi connectivity index (χ1) is 8.69. The second-order valence-corrected chi connectivity index (χ2v) is 5.03. The predicted molar refractivity (Wildman–Crippen MR) is 72.6 cm³/mol. The van der Waals surface area contributed by atoms with Gasteiger partial charge in [-0.05, 0) is 44.4 Å². The summed E-state index contributed by atoms with van der Waals surface area (Å²) in [5.74, 6) is 0.621. The molecule has 0 unspecified atom stereocenters. The monoisotopic (exact) mass is 245 g/mol. The molecule has 0 bridgehead atoms. The van der Waals surface area contributed by atoms with Crippen LogP contribution in [0.5, 0.6) is 0 Å². The number of benzene rings is 1. The highest BCUT2D eigenvalue weighted by atomic mass is 16.5. The maximum absolute atomic E-state index is 6.04. The topological polar surface area (TPSA) is 53.1 Å². The Morgan fingerprint density at radius 3 is 2.94 bits per heavy atom. The summed E-state index contributed by atoms with van der Waals surface area (Å²) in [6.07, 6.45) is 2.47. The fourth-order valence-electron chi connectivity index (χ4n) is 2.73. The number of hydrogen-bond acceptors (Lipinski definition) is 3. The van der Waals surface area contributed by atoms with Crippen LogP contribution in [0.1, 0.15) is 31.4 Å². The Morgan fingerprint density at radius 1 is 1.44 bits per heavy atom. The molecule has 1 aliphatic carbocycles. The second kappa shape index (κ2) is 4.28. The first kappa shape index (κ1) is 11.5. The Balaban J connectivity index is 1.92. The number of aromatic nitrogens is 2. The van der Waals surface area contributed by atoms with Crippen molar-refractivity contribution in [1.82, 2.24) is 9.55 Å². The van der Waals surface area contributed by atoms with E-state index in [0.29, 0.717) is 18.1 Å². The first-order valence-electron chi connectivity index (χ1n) is 6.54. The zero-order valence-electron chi connectivity index (χ0n) is 10.9. The predicted octanol–water partition coefficient (Wildman–Crippen LogP) is 2.67. The first-order valence-corrected chi connectivity index (χ1v) is 6.54. The Bertz CT molecular complexity index is 570. The van der Waals surface area contributed by atoms with E-state index >= 15 is 0 Å². The van der Waals surface area contributed by atoms with Gasteiger partial charge < -0.3 is 15.0 Å². The summed E-state index contributed by atoms with van der Waals surface area (Å²) in [6.45, 7) is 4.92. The Labute approximate surface area is 107 Å². The number of rotatable bonds is 3. The number of imidazole rings is 1. The molecule has 1 aliphatic rings. The average molecular weight is 245 g/mol. The van der Waals surface area contributed by atoms with E-state index in [4.69, 9.17) is 10.5 Å². The molecule has 4 heteroatoms. The molecular weight excluding hydrogens is 226 g/mol. The van der Waals surface area contributed by atoms with E-state index in [1.54, 1.807) is 0 Å². The van der Waals surface area contributed by atoms with Crippen molar-refractivity contribution in [2.24, 2.45) is 0 Å². The van der Waals surface area contributed by atoms with E-state index < -0.39 is 0 Å². The highest BCUT2D eigenvalue weighted by Gasteiger charge is 2.33. The molecule has 1 heterocycles. The number of aryl methyl sites for hydroxylation is 1. The summed E-state index contributed by atoms with van der Waals surface area (Å²) >= 11 is 0. The molecule has 2 aromatic rings. The molecule has 96 valence electrons. The molecule has 0 aliphatic heterocycles. The highest BCUT2D eigenvalue weighted by Crippen LogP contribution is 2.38. The van der Waals surface area contributed by atoms with Gasteiger partial charge in [-0.2, -0.15) is 0 Å². The van der Waals surface area contributed by atoms with Crippen LogP contribution in [-0.4, -0.2) is 22.3 Å². The Kier molecular flexibility index (Phi) is 2.74. The van der Waals surface area contributed by atoms with E-state index in [-0.39, 0.29) is 0 Å². The van der Waals surface area contributed by atoms with Crippen LogP contribution in [0.15, 0.2) is 18.2 Å². The SMILES string of the molecule is CCOC1CC(n2c(N)nc3ccc(C)cc32)C1. The summed E-state index contributed by atoms with van der Waals surface area (Å²) in [7, 11) is 0. The van der Waals surface area contributed by atoms with Gasteiger partial charge in [-0.3, -0.25) is 0 Å². The van der Waals surface area contributed by atoms with Gasteiger partial charge in [-0.1, -0.05) is 6.07 Å². The van der Waals surface area contributed by atoms with Crippen LogP contribution < -0.4 is 5.73 Å². The molecule has 3 rings (SSSR count). The maximum atomic E-state index is 6.04. The van der Waals surface area contributed by atoms with Gasteiger partial charge in [0.15, 0.2) is 0 Å². The van der Waals surface area contributed by atoms with Crippen molar-refractivity contribution in [2.75, 3.05) is 12.3 Å². The number of nitrogen functional groups attached to an aromatic ring is 1. The van der Waals surface area contributed by atoms with Gasteiger partial charge in [0.1, 0.15) is 0 Å². The molecule has 0 spiro atoms.